The molecular weight excluding hydrogens is 464 g/mol. The summed E-state index contributed by atoms with van der Waals surface area (Å²) in [4.78, 5) is 0.291. The molecule has 0 amide bonds. The Morgan fingerprint density at radius 3 is 1.94 bits per heavy atom. The number of sulfonamides is 1. The molecule has 1 N–H and O–H groups in total. The number of nitrogens with zero attached hydrogens (tertiary/aromatic N) is 1. The van der Waals surface area contributed by atoms with Gasteiger partial charge in [-0.25, -0.2) is 8.42 Å². The zero-order chi connectivity index (χ0) is 25.7. The molecule has 180 valence electrons. The highest BCUT2D eigenvalue weighted by atomic mass is 32.2. The van der Waals surface area contributed by atoms with E-state index in [0.29, 0.717) is 21.6 Å². The Labute approximate surface area is 213 Å². The summed E-state index contributed by atoms with van der Waals surface area (Å²) in [7, 11) is -3.90. The Balaban J connectivity index is 1.92. The second-order valence-corrected chi connectivity index (χ2v) is 10.5. The quantitative estimate of drug-likeness (QED) is 0.290. The smallest absolute Gasteiger partial charge is 0.207 e. The van der Waals surface area contributed by atoms with Crippen LogP contribution in [0.25, 0.3) is 11.6 Å². The number of nitriles is 1. The van der Waals surface area contributed by atoms with Gasteiger partial charge in [-0.1, -0.05) is 90.5 Å². The van der Waals surface area contributed by atoms with Crippen molar-refractivity contribution in [2.75, 3.05) is 0 Å². The van der Waals surface area contributed by atoms with Crippen LogP contribution in [0, 0.1) is 32.1 Å². The van der Waals surface area contributed by atoms with Gasteiger partial charge in [0.1, 0.15) is 0 Å². The lowest BCUT2D eigenvalue weighted by Crippen LogP contribution is -2.30. The Kier molecular flexibility index (Phi) is 7.49. The lowest BCUT2D eigenvalue weighted by Gasteiger charge is -2.24. The molecule has 4 aromatic rings. The predicted octanol–water partition coefficient (Wildman–Crippen LogP) is 6.74. The number of aryl methyl sites for hydroxylation is 3. The number of benzene rings is 4. The van der Waals surface area contributed by atoms with E-state index in [4.69, 9.17) is 0 Å². The first-order valence-electron chi connectivity index (χ1n) is 11.7. The first-order valence-corrected chi connectivity index (χ1v) is 13.2. The van der Waals surface area contributed by atoms with E-state index >= 15 is 0 Å². The minimum atomic E-state index is -3.90. The topological polar surface area (TPSA) is 70.0 Å². The molecule has 0 aliphatic carbocycles. The van der Waals surface area contributed by atoms with Crippen LogP contribution in [-0.2, 0) is 10.0 Å². The van der Waals surface area contributed by atoms with Gasteiger partial charge in [-0.3, -0.25) is 0 Å². The SMILES string of the molecule is Cc1cc(C)c(S(=O)(=O)NC(C(=Cc2ccccc2)c2ccccc2)c2ccc(C#N)cc2)c(C)c1. The highest BCUT2D eigenvalue weighted by molar-refractivity contribution is 7.89. The monoisotopic (exact) mass is 492 g/mol. The molecule has 0 aliphatic heterocycles. The highest BCUT2D eigenvalue weighted by Gasteiger charge is 2.28. The van der Waals surface area contributed by atoms with Gasteiger partial charge < -0.3 is 0 Å². The van der Waals surface area contributed by atoms with Crippen molar-refractivity contribution in [2.24, 2.45) is 0 Å². The maximum absolute atomic E-state index is 13.9. The molecule has 4 rings (SSSR count). The summed E-state index contributed by atoms with van der Waals surface area (Å²) >= 11 is 0. The summed E-state index contributed by atoms with van der Waals surface area (Å²) in [5.74, 6) is 0. The third-order valence-electron chi connectivity index (χ3n) is 6.06. The molecule has 0 aromatic heterocycles. The maximum Gasteiger partial charge on any atom is 0.241 e. The van der Waals surface area contributed by atoms with Crippen molar-refractivity contribution < 1.29 is 8.42 Å². The van der Waals surface area contributed by atoms with Crippen LogP contribution in [0.5, 0.6) is 0 Å². The molecule has 0 bridgehead atoms. The average molecular weight is 493 g/mol. The Hall–Kier alpha value is -3.98. The molecule has 1 atom stereocenters. The Morgan fingerprint density at radius 2 is 1.39 bits per heavy atom. The fraction of sp³-hybridized carbons (Fsp3) is 0.129. The highest BCUT2D eigenvalue weighted by Crippen LogP contribution is 2.34. The Morgan fingerprint density at radius 1 is 0.833 bits per heavy atom. The van der Waals surface area contributed by atoms with Crippen LogP contribution in [-0.4, -0.2) is 8.42 Å². The van der Waals surface area contributed by atoms with Crippen molar-refractivity contribution in [1.82, 2.24) is 4.72 Å². The van der Waals surface area contributed by atoms with Crippen LogP contribution in [0.15, 0.2) is 102 Å². The van der Waals surface area contributed by atoms with Gasteiger partial charge in [-0.15, -0.1) is 0 Å². The van der Waals surface area contributed by atoms with Crippen LogP contribution in [0.1, 0.15) is 45.0 Å². The average Bonchev–Trinajstić information content (AvgIpc) is 2.86. The van der Waals surface area contributed by atoms with E-state index in [2.05, 4.69) is 10.8 Å². The summed E-state index contributed by atoms with van der Waals surface area (Å²) in [5.41, 5.74) is 6.33. The largest absolute Gasteiger partial charge is 0.241 e. The zero-order valence-electron chi connectivity index (χ0n) is 20.6. The molecule has 4 nitrogen and oxygen atoms in total. The number of rotatable bonds is 7. The second-order valence-electron chi connectivity index (χ2n) is 8.89. The molecule has 0 fully saturated rings. The van der Waals surface area contributed by atoms with Gasteiger partial charge >= 0.3 is 0 Å². The molecule has 0 heterocycles. The fourth-order valence-corrected chi connectivity index (χ4v) is 6.22. The third kappa shape index (κ3) is 5.63. The third-order valence-corrected chi connectivity index (χ3v) is 7.79. The number of hydrogen-bond donors (Lipinski definition) is 1. The van der Waals surface area contributed by atoms with Crippen LogP contribution >= 0.6 is 0 Å². The van der Waals surface area contributed by atoms with Gasteiger partial charge in [0, 0.05) is 0 Å². The first-order chi connectivity index (χ1) is 17.3. The van der Waals surface area contributed by atoms with E-state index in [1.54, 1.807) is 12.1 Å². The Bertz CT molecular complexity index is 1510. The molecule has 36 heavy (non-hydrogen) atoms. The summed E-state index contributed by atoms with van der Waals surface area (Å²) in [5, 5.41) is 9.29. The molecule has 0 aliphatic rings. The van der Waals surface area contributed by atoms with Crippen molar-refractivity contribution in [3.05, 3.63) is 136 Å². The molecule has 0 spiro atoms. The van der Waals surface area contributed by atoms with Crippen LogP contribution in [0.4, 0.5) is 0 Å². The van der Waals surface area contributed by atoms with Crippen molar-refractivity contribution in [3.8, 4) is 6.07 Å². The maximum atomic E-state index is 13.9. The number of nitrogens with one attached hydrogen (secondary N) is 1. The van der Waals surface area contributed by atoms with Gasteiger partial charge in [0.15, 0.2) is 0 Å². The number of hydrogen-bond acceptors (Lipinski definition) is 3. The lowest BCUT2D eigenvalue weighted by molar-refractivity contribution is 0.574. The molecular formula is C31H28N2O2S. The van der Waals surface area contributed by atoms with Crippen molar-refractivity contribution in [2.45, 2.75) is 31.7 Å². The molecule has 0 saturated carbocycles. The van der Waals surface area contributed by atoms with Crippen molar-refractivity contribution >= 4 is 21.7 Å². The first kappa shape index (κ1) is 25.1. The molecule has 0 saturated heterocycles. The zero-order valence-corrected chi connectivity index (χ0v) is 21.4. The molecule has 4 aromatic carbocycles. The van der Waals surface area contributed by atoms with E-state index < -0.39 is 16.1 Å². The van der Waals surface area contributed by atoms with Gasteiger partial charge in [-0.05, 0) is 72.4 Å². The minimum absolute atomic E-state index is 0.291. The van der Waals surface area contributed by atoms with E-state index in [-0.39, 0.29) is 0 Å². The van der Waals surface area contributed by atoms with E-state index in [0.717, 1.165) is 27.8 Å². The predicted molar refractivity (Wildman–Crippen MR) is 146 cm³/mol. The fourth-order valence-electron chi connectivity index (χ4n) is 4.56. The summed E-state index contributed by atoms with van der Waals surface area (Å²) in [6, 6.07) is 31.8. The van der Waals surface area contributed by atoms with E-state index in [1.807, 2.05) is 112 Å². The van der Waals surface area contributed by atoms with Crippen molar-refractivity contribution in [1.29, 1.82) is 5.26 Å². The molecule has 1 unspecified atom stereocenters. The minimum Gasteiger partial charge on any atom is -0.207 e. The second kappa shape index (κ2) is 10.7. The summed E-state index contributed by atoms with van der Waals surface area (Å²) in [6.45, 7) is 5.60. The van der Waals surface area contributed by atoms with Gasteiger partial charge in [0.25, 0.3) is 0 Å². The van der Waals surface area contributed by atoms with Crippen LogP contribution < -0.4 is 4.72 Å². The lowest BCUT2D eigenvalue weighted by atomic mass is 9.91. The molecule has 0 radical (unpaired) electrons. The summed E-state index contributed by atoms with van der Waals surface area (Å²) in [6.07, 6.45) is 2.01. The van der Waals surface area contributed by atoms with Gasteiger partial charge in [0.05, 0.1) is 22.6 Å². The normalized spacial score (nSPS) is 12.7. The van der Waals surface area contributed by atoms with Gasteiger partial charge in [-0.2, -0.15) is 9.98 Å². The van der Waals surface area contributed by atoms with Crippen LogP contribution in [0.2, 0.25) is 0 Å². The molecule has 5 heteroatoms. The van der Waals surface area contributed by atoms with Crippen LogP contribution in [0.3, 0.4) is 0 Å². The standard InChI is InChI=1S/C31H28N2O2S/c1-22-18-23(2)31(24(3)19-22)36(34,35)33-30(28-16-14-26(21-32)15-17-28)29(27-12-8-5-9-13-27)20-25-10-6-4-7-11-25/h4-20,30,33H,1-3H3. The van der Waals surface area contributed by atoms with Crippen molar-refractivity contribution in [3.63, 3.8) is 0 Å². The van der Waals surface area contributed by atoms with E-state index in [9.17, 15) is 13.7 Å². The summed E-state index contributed by atoms with van der Waals surface area (Å²) < 4.78 is 30.8. The van der Waals surface area contributed by atoms with E-state index in [1.165, 1.54) is 0 Å². The van der Waals surface area contributed by atoms with Gasteiger partial charge in [0.2, 0.25) is 10.0 Å².